The molecule has 0 spiro atoms. The van der Waals surface area contributed by atoms with E-state index in [-0.39, 0.29) is 10.5 Å². The van der Waals surface area contributed by atoms with E-state index >= 15 is 0 Å². The van der Waals surface area contributed by atoms with Crippen molar-refractivity contribution in [3.8, 4) is 6.07 Å². The molecule has 9 heteroatoms. The van der Waals surface area contributed by atoms with Crippen LogP contribution < -0.4 is 15.8 Å². The zero-order chi connectivity index (χ0) is 18.0. The summed E-state index contributed by atoms with van der Waals surface area (Å²) < 4.78 is 27.5. The van der Waals surface area contributed by atoms with Crippen molar-refractivity contribution in [3.63, 3.8) is 0 Å². The van der Waals surface area contributed by atoms with Gasteiger partial charge in [0.2, 0.25) is 10.0 Å². The first-order chi connectivity index (χ1) is 11.4. The second kappa shape index (κ2) is 9.67. The number of carbonyl (C=O) groups excluding carboxylic acids is 1. The van der Waals surface area contributed by atoms with Crippen LogP contribution in [0.4, 0.5) is 5.69 Å². The highest BCUT2D eigenvalue weighted by Gasteiger charge is 2.11. The van der Waals surface area contributed by atoms with Gasteiger partial charge in [0, 0.05) is 31.6 Å². The van der Waals surface area contributed by atoms with Crippen molar-refractivity contribution >= 4 is 21.6 Å². The fourth-order valence-electron chi connectivity index (χ4n) is 1.67. The van der Waals surface area contributed by atoms with Crippen LogP contribution in [-0.2, 0) is 19.6 Å². The number of sulfonamides is 1. The fourth-order valence-corrected chi connectivity index (χ4v) is 2.19. The van der Waals surface area contributed by atoms with Crippen LogP contribution in [0.1, 0.15) is 13.3 Å². The monoisotopic (exact) mass is 352 g/mol. The van der Waals surface area contributed by atoms with Crippen molar-refractivity contribution in [1.82, 2.24) is 5.32 Å². The molecule has 1 aromatic rings. The van der Waals surface area contributed by atoms with E-state index in [0.717, 1.165) is 6.42 Å². The zero-order valence-electron chi connectivity index (χ0n) is 13.3. The number of amides is 1. The molecule has 0 saturated carbocycles. The standard InChI is InChI=1S/C15H20N4O4S/c1-2-23-9-3-8-18-11-12(10-16)15(20)19-13-4-6-14(7-5-13)24(17,21)22/h4-7,11,18H,2-3,8-9H2,1H3,(H,19,20)(H2,17,21,22)/b12-11-. The molecular weight excluding hydrogens is 332 g/mol. The molecule has 1 amide bonds. The summed E-state index contributed by atoms with van der Waals surface area (Å²) in [6.45, 7) is 3.72. The molecule has 0 radical (unpaired) electrons. The Kier molecular flexibility index (Phi) is 7.91. The van der Waals surface area contributed by atoms with Crippen LogP contribution >= 0.6 is 0 Å². The molecule has 4 N–H and O–H groups in total. The summed E-state index contributed by atoms with van der Waals surface area (Å²) in [7, 11) is -3.79. The Bertz CT molecular complexity index is 721. The Morgan fingerprint density at radius 1 is 1.38 bits per heavy atom. The summed E-state index contributed by atoms with van der Waals surface area (Å²) in [6.07, 6.45) is 2.08. The second-order valence-corrected chi connectivity index (χ2v) is 6.26. The number of nitrogens with one attached hydrogen (secondary N) is 2. The number of benzene rings is 1. The number of carbonyl (C=O) groups is 1. The van der Waals surface area contributed by atoms with E-state index in [1.807, 2.05) is 6.92 Å². The van der Waals surface area contributed by atoms with Crippen LogP contribution in [0, 0.1) is 11.3 Å². The van der Waals surface area contributed by atoms with Crippen LogP contribution in [0.2, 0.25) is 0 Å². The molecule has 0 bridgehead atoms. The molecule has 130 valence electrons. The van der Waals surface area contributed by atoms with E-state index in [1.165, 1.54) is 30.5 Å². The van der Waals surface area contributed by atoms with Gasteiger partial charge in [-0.15, -0.1) is 0 Å². The number of hydrogen-bond donors (Lipinski definition) is 3. The summed E-state index contributed by atoms with van der Waals surface area (Å²) in [6, 6.07) is 7.12. The van der Waals surface area contributed by atoms with Gasteiger partial charge in [-0.1, -0.05) is 0 Å². The van der Waals surface area contributed by atoms with Gasteiger partial charge in [-0.3, -0.25) is 4.79 Å². The van der Waals surface area contributed by atoms with E-state index in [0.29, 0.717) is 25.4 Å². The lowest BCUT2D eigenvalue weighted by Crippen LogP contribution is -2.18. The SMILES string of the molecule is CCOCCCN/C=C(/C#N)C(=O)Nc1ccc(S(N)(=O)=O)cc1. The van der Waals surface area contributed by atoms with Gasteiger partial charge in [0.05, 0.1) is 4.90 Å². The highest BCUT2D eigenvalue weighted by molar-refractivity contribution is 7.89. The first-order valence-electron chi connectivity index (χ1n) is 7.24. The van der Waals surface area contributed by atoms with Gasteiger partial charge in [-0.2, -0.15) is 5.26 Å². The van der Waals surface area contributed by atoms with Crippen LogP contribution in [0.15, 0.2) is 40.9 Å². The minimum Gasteiger partial charge on any atom is -0.390 e. The summed E-state index contributed by atoms with van der Waals surface area (Å²) in [5.41, 5.74) is 0.256. The molecule has 8 nitrogen and oxygen atoms in total. The highest BCUT2D eigenvalue weighted by atomic mass is 32.2. The first-order valence-corrected chi connectivity index (χ1v) is 8.78. The Hall–Kier alpha value is -2.41. The average Bonchev–Trinajstić information content (AvgIpc) is 2.54. The molecule has 0 aromatic heterocycles. The Balaban J connectivity index is 2.59. The zero-order valence-corrected chi connectivity index (χ0v) is 14.1. The summed E-state index contributed by atoms with van der Waals surface area (Å²) in [5, 5.41) is 19.4. The molecular formula is C15H20N4O4S. The van der Waals surface area contributed by atoms with Crippen LogP contribution in [0.3, 0.4) is 0 Å². The largest absolute Gasteiger partial charge is 0.390 e. The minimum absolute atomic E-state index is 0.0625. The van der Waals surface area contributed by atoms with Gasteiger partial charge in [0.1, 0.15) is 11.6 Å². The second-order valence-electron chi connectivity index (χ2n) is 4.70. The number of anilines is 1. The summed E-state index contributed by atoms with van der Waals surface area (Å²) >= 11 is 0. The number of ether oxygens (including phenoxy) is 1. The summed E-state index contributed by atoms with van der Waals surface area (Å²) in [5.74, 6) is -0.599. The van der Waals surface area contributed by atoms with E-state index in [1.54, 1.807) is 6.07 Å². The van der Waals surface area contributed by atoms with E-state index < -0.39 is 15.9 Å². The molecule has 1 aromatic carbocycles. The van der Waals surface area contributed by atoms with Gasteiger partial charge in [-0.25, -0.2) is 13.6 Å². The maximum atomic E-state index is 12.0. The predicted octanol–water partition coefficient (Wildman–Crippen LogP) is 0.696. The number of nitrogens with two attached hydrogens (primary N) is 1. The maximum Gasteiger partial charge on any atom is 0.267 e. The van der Waals surface area contributed by atoms with Gasteiger partial charge < -0.3 is 15.4 Å². The molecule has 0 aliphatic carbocycles. The van der Waals surface area contributed by atoms with Gasteiger partial charge in [0.15, 0.2) is 0 Å². The quantitative estimate of drug-likeness (QED) is 0.340. The number of nitrogens with zero attached hydrogens (tertiary/aromatic N) is 1. The van der Waals surface area contributed by atoms with Gasteiger partial charge >= 0.3 is 0 Å². The molecule has 0 unspecified atom stereocenters. The number of rotatable bonds is 9. The van der Waals surface area contributed by atoms with Crippen LogP contribution in [-0.4, -0.2) is 34.1 Å². The summed E-state index contributed by atoms with van der Waals surface area (Å²) in [4.78, 5) is 11.9. The predicted molar refractivity (Wildman–Crippen MR) is 89.3 cm³/mol. The Morgan fingerprint density at radius 3 is 2.58 bits per heavy atom. The normalized spacial score (nSPS) is 11.6. The average molecular weight is 352 g/mol. The lowest BCUT2D eigenvalue weighted by atomic mass is 10.2. The van der Waals surface area contributed by atoms with E-state index in [2.05, 4.69) is 10.6 Å². The third-order valence-electron chi connectivity index (χ3n) is 2.87. The number of nitriles is 1. The molecule has 0 heterocycles. The van der Waals surface area contributed by atoms with Crippen molar-refractivity contribution in [2.45, 2.75) is 18.2 Å². The molecule has 0 saturated heterocycles. The number of primary sulfonamides is 1. The molecule has 0 fully saturated rings. The van der Waals surface area contributed by atoms with Crippen molar-refractivity contribution in [1.29, 1.82) is 5.26 Å². The van der Waals surface area contributed by atoms with Crippen molar-refractivity contribution in [2.75, 3.05) is 25.1 Å². The Labute approximate surface area is 141 Å². The van der Waals surface area contributed by atoms with E-state index in [9.17, 15) is 13.2 Å². The molecule has 0 aliphatic rings. The fraction of sp³-hybridized carbons (Fsp3) is 0.333. The van der Waals surface area contributed by atoms with Crippen LogP contribution in [0.5, 0.6) is 0 Å². The number of hydrogen-bond acceptors (Lipinski definition) is 6. The van der Waals surface area contributed by atoms with Gasteiger partial charge in [0.25, 0.3) is 5.91 Å². The third-order valence-corrected chi connectivity index (χ3v) is 3.80. The minimum atomic E-state index is -3.79. The van der Waals surface area contributed by atoms with Gasteiger partial charge in [-0.05, 0) is 37.6 Å². The topological polar surface area (TPSA) is 134 Å². The lowest BCUT2D eigenvalue weighted by molar-refractivity contribution is -0.112. The third kappa shape index (κ3) is 6.78. The highest BCUT2D eigenvalue weighted by Crippen LogP contribution is 2.13. The molecule has 24 heavy (non-hydrogen) atoms. The van der Waals surface area contributed by atoms with Crippen molar-refractivity contribution in [2.24, 2.45) is 5.14 Å². The van der Waals surface area contributed by atoms with Crippen molar-refractivity contribution in [3.05, 3.63) is 36.0 Å². The molecule has 1 rings (SSSR count). The van der Waals surface area contributed by atoms with Crippen LogP contribution in [0.25, 0.3) is 0 Å². The van der Waals surface area contributed by atoms with E-state index in [4.69, 9.17) is 15.1 Å². The molecule has 0 aliphatic heterocycles. The first kappa shape index (κ1) is 19.6. The van der Waals surface area contributed by atoms with Crippen molar-refractivity contribution < 1.29 is 17.9 Å². The Morgan fingerprint density at radius 2 is 2.04 bits per heavy atom. The maximum absolute atomic E-state index is 12.0. The molecule has 0 atom stereocenters. The lowest BCUT2D eigenvalue weighted by Gasteiger charge is -2.06. The smallest absolute Gasteiger partial charge is 0.267 e.